The van der Waals surface area contributed by atoms with Crippen LogP contribution in [0, 0.1) is 0 Å². The van der Waals surface area contributed by atoms with E-state index in [4.69, 9.17) is 4.74 Å². The van der Waals surface area contributed by atoms with Crippen LogP contribution in [0.15, 0.2) is 42.5 Å². The van der Waals surface area contributed by atoms with Gasteiger partial charge in [0.1, 0.15) is 12.4 Å². The third kappa shape index (κ3) is 3.57. The summed E-state index contributed by atoms with van der Waals surface area (Å²) in [4.78, 5) is 5.30. The lowest BCUT2D eigenvalue weighted by Crippen LogP contribution is -2.47. The second-order valence-corrected chi connectivity index (χ2v) is 7.17. The average Bonchev–Trinajstić information content (AvgIpc) is 3.17. The summed E-state index contributed by atoms with van der Waals surface area (Å²) < 4.78 is 6.13. The van der Waals surface area contributed by atoms with Crippen molar-refractivity contribution in [3.05, 3.63) is 42.5 Å². The Morgan fingerprint density at radius 3 is 2.67 bits per heavy atom. The highest BCUT2D eigenvalue weighted by Gasteiger charge is 2.26. The van der Waals surface area contributed by atoms with E-state index in [1.54, 1.807) is 0 Å². The molecular formula is C21H28N2O. The van der Waals surface area contributed by atoms with Gasteiger partial charge < -0.3 is 4.74 Å². The monoisotopic (exact) mass is 324 g/mol. The Kier molecular flexibility index (Phi) is 5.00. The maximum absolute atomic E-state index is 6.13. The molecule has 2 aliphatic rings. The Balaban J connectivity index is 1.31. The standard InChI is InChI=1S/C21H28N2O/c1-2-10-20-18(7-1)8-5-11-21(20)24-16-15-22-12-6-9-19(17-22)23-13-3-4-14-23/h1-2,5,7-8,10-11,19H,3-4,6,9,12-17H2. The molecule has 2 aromatic carbocycles. The van der Waals surface area contributed by atoms with E-state index in [1.165, 1.54) is 62.6 Å². The van der Waals surface area contributed by atoms with E-state index in [9.17, 15) is 0 Å². The van der Waals surface area contributed by atoms with Crippen LogP contribution in [0.25, 0.3) is 10.8 Å². The van der Waals surface area contributed by atoms with Crippen molar-refractivity contribution in [2.24, 2.45) is 0 Å². The molecule has 0 aromatic heterocycles. The predicted molar refractivity (Wildman–Crippen MR) is 99.7 cm³/mol. The van der Waals surface area contributed by atoms with Crippen LogP contribution in [0.3, 0.4) is 0 Å². The molecule has 0 saturated carbocycles. The summed E-state index contributed by atoms with van der Waals surface area (Å²) in [5.74, 6) is 1.02. The zero-order valence-electron chi connectivity index (χ0n) is 14.5. The van der Waals surface area contributed by atoms with E-state index in [-0.39, 0.29) is 0 Å². The first-order chi connectivity index (χ1) is 11.9. The van der Waals surface area contributed by atoms with Gasteiger partial charge in [0.15, 0.2) is 0 Å². The summed E-state index contributed by atoms with van der Waals surface area (Å²) in [5, 5.41) is 2.47. The van der Waals surface area contributed by atoms with Gasteiger partial charge in [-0.2, -0.15) is 0 Å². The highest BCUT2D eigenvalue weighted by Crippen LogP contribution is 2.25. The summed E-state index contributed by atoms with van der Waals surface area (Å²) in [7, 11) is 0. The zero-order valence-corrected chi connectivity index (χ0v) is 14.5. The van der Waals surface area contributed by atoms with Crippen LogP contribution in [0.5, 0.6) is 5.75 Å². The smallest absolute Gasteiger partial charge is 0.127 e. The van der Waals surface area contributed by atoms with Gasteiger partial charge in [-0.25, -0.2) is 0 Å². The van der Waals surface area contributed by atoms with E-state index in [2.05, 4.69) is 52.3 Å². The van der Waals surface area contributed by atoms with E-state index in [1.807, 2.05) is 0 Å². The first kappa shape index (κ1) is 15.9. The minimum Gasteiger partial charge on any atom is -0.492 e. The van der Waals surface area contributed by atoms with E-state index in [0.29, 0.717) is 0 Å². The maximum atomic E-state index is 6.13. The van der Waals surface area contributed by atoms with Crippen molar-refractivity contribution >= 4 is 10.8 Å². The highest BCUT2D eigenvalue weighted by molar-refractivity contribution is 5.88. The molecule has 3 nitrogen and oxygen atoms in total. The van der Waals surface area contributed by atoms with Crippen molar-refractivity contribution in [3.63, 3.8) is 0 Å². The Hall–Kier alpha value is -1.58. The molecule has 2 heterocycles. The van der Waals surface area contributed by atoms with E-state index < -0.39 is 0 Å². The quantitative estimate of drug-likeness (QED) is 0.832. The molecule has 2 aromatic rings. The fourth-order valence-corrected chi connectivity index (χ4v) is 4.25. The Labute approximate surface area is 145 Å². The molecule has 24 heavy (non-hydrogen) atoms. The van der Waals surface area contributed by atoms with Gasteiger partial charge in [-0.15, -0.1) is 0 Å². The highest BCUT2D eigenvalue weighted by atomic mass is 16.5. The van der Waals surface area contributed by atoms with Crippen LogP contribution >= 0.6 is 0 Å². The second kappa shape index (κ2) is 7.54. The third-order valence-electron chi connectivity index (χ3n) is 5.55. The first-order valence-electron chi connectivity index (χ1n) is 9.47. The molecule has 2 saturated heterocycles. The van der Waals surface area contributed by atoms with Crippen LogP contribution in [-0.4, -0.2) is 55.2 Å². The molecule has 3 heteroatoms. The lowest BCUT2D eigenvalue weighted by atomic mass is 10.0. The Morgan fingerprint density at radius 1 is 0.917 bits per heavy atom. The molecule has 1 atom stereocenters. The third-order valence-corrected chi connectivity index (χ3v) is 5.55. The van der Waals surface area contributed by atoms with Crippen LogP contribution in [0.2, 0.25) is 0 Å². The first-order valence-corrected chi connectivity index (χ1v) is 9.47. The Bertz CT molecular complexity index is 660. The number of benzene rings is 2. The van der Waals surface area contributed by atoms with Gasteiger partial charge in [0.25, 0.3) is 0 Å². The molecule has 1 unspecified atom stereocenters. The van der Waals surface area contributed by atoms with Crippen molar-refractivity contribution in [1.29, 1.82) is 0 Å². The molecule has 0 aliphatic carbocycles. The van der Waals surface area contributed by atoms with Crippen molar-refractivity contribution in [2.45, 2.75) is 31.7 Å². The molecule has 0 spiro atoms. The van der Waals surface area contributed by atoms with Gasteiger partial charge in [-0.3, -0.25) is 9.80 Å². The number of ether oxygens (including phenoxy) is 1. The summed E-state index contributed by atoms with van der Waals surface area (Å²) in [6.45, 7) is 6.88. The van der Waals surface area contributed by atoms with Gasteiger partial charge in [-0.1, -0.05) is 36.4 Å². The number of nitrogens with zero attached hydrogens (tertiary/aromatic N) is 2. The molecule has 0 N–H and O–H groups in total. The van der Waals surface area contributed by atoms with Crippen molar-refractivity contribution in [2.75, 3.05) is 39.3 Å². The molecule has 0 radical (unpaired) electrons. The summed E-state index contributed by atoms with van der Waals surface area (Å²) in [6.07, 6.45) is 5.48. The number of hydrogen-bond donors (Lipinski definition) is 0. The molecule has 0 amide bonds. The van der Waals surface area contributed by atoms with E-state index in [0.717, 1.165) is 24.9 Å². The summed E-state index contributed by atoms with van der Waals surface area (Å²) in [6, 6.07) is 15.6. The fourth-order valence-electron chi connectivity index (χ4n) is 4.25. The minimum atomic E-state index is 0.777. The average molecular weight is 324 g/mol. The maximum Gasteiger partial charge on any atom is 0.127 e. The fraction of sp³-hybridized carbons (Fsp3) is 0.524. The van der Waals surface area contributed by atoms with Crippen LogP contribution < -0.4 is 4.74 Å². The molecular weight excluding hydrogens is 296 g/mol. The number of piperidine rings is 1. The van der Waals surface area contributed by atoms with Gasteiger partial charge in [0.2, 0.25) is 0 Å². The molecule has 128 valence electrons. The van der Waals surface area contributed by atoms with Gasteiger partial charge >= 0.3 is 0 Å². The number of fused-ring (bicyclic) bond motifs is 1. The normalized spacial score (nSPS) is 22.9. The van der Waals surface area contributed by atoms with Gasteiger partial charge in [0.05, 0.1) is 0 Å². The minimum absolute atomic E-state index is 0.777. The van der Waals surface area contributed by atoms with Crippen LogP contribution in [0.1, 0.15) is 25.7 Å². The predicted octanol–water partition coefficient (Wildman–Crippen LogP) is 3.78. The molecule has 2 fully saturated rings. The number of likely N-dealkylation sites (tertiary alicyclic amines) is 2. The number of hydrogen-bond acceptors (Lipinski definition) is 3. The lowest BCUT2D eigenvalue weighted by molar-refractivity contribution is 0.103. The SMILES string of the molecule is c1ccc2c(OCCN3CCCC(N4CCCC4)C3)cccc2c1. The van der Waals surface area contributed by atoms with Crippen molar-refractivity contribution < 1.29 is 4.74 Å². The number of rotatable bonds is 5. The lowest BCUT2D eigenvalue weighted by Gasteiger charge is -2.37. The van der Waals surface area contributed by atoms with Crippen LogP contribution in [0.4, 0.5) is 0 Å². The van der Waals surface area contributed by atoms with Crippen molar-refractivity contribution in [3.8, 4) is 5.75 Å². The topological polar surface area (TPSA) is 15.7 Å². The second-order valence-electron chi connectivity index (χ2n) is 7.17. The molecule has 4 rings (SSSR count). The largest absolute Gasteiger partial charge is 0.492 e. The van der Waals surface area contributed by atoms with Crippen molar-refractivity contribution in [1.82, 2.24) is 9.80 Å². The summed E-state index contributed by atoms with van der Waals surface area (Å²) in [5.41, 5.74) is 0. The Morgan fingerprint density at radius 2 is 1.75 bits per heavy atom. The molecule has 0 bridgehead atoms. The summed E-state index contributed by atoms with van der Waals surface area (Å²) >= 11 is 0. The molecule has 2 aliphatic heterocycles. The zero-order chi connectivity index (χ0) is 16.2. The van der Waals surface area contributed by atoms with Gasteiger partial charge in [-0.05, 0) is 56.8 Å². The van der Waals surface area contributed by atoms with Crippen LogP contribution in [-0.2, 0) is 0 Å². The van der Waals surface area contributed by atoms with Gasteiger partial charge in [0, 0.05) is 24.5 Å². The van der Waals surface area contributed by atoms with E-state index >= 15 is 0 Å².